The second-order valence-electron chi connectivity index (χ2n) is 4.92. The molecule has 0 unspecified atom stereocenters. The van der Waals surface area contributed by atoms with Crippen LogP contribution in [0.5, 0.6) is 5.75 Å². The van der Waals surface area contributed by atoms with Crippen LogP contribution < -0.4 is 16.2 Å². The third-order valence-corrected chi connectivity index (χ3v) is 2.95. The Labute approximate surface area is 143 Å². The van der Waals surface area contributed by atoms with E-state index >= 15 is 0 Å². The lowest BCUT2D eigenvalue weighted by Gasteiger charge is -2.16. The molecule has 0 spiro atoms. The van der Waals surface area contributed by atoms with Crippen molar-refractivity contribution in [3.8, 4) is 5.75 Å². The van der Waals surface area contributed by atoms with Crippen LogP contribution in [0.15, 0.2) is 45.9 Å². The molecule has 1 aliphatic rings. The van der Waals surface area contributed by atoms with E-state index in [0.29, 0.717) is 13.1 Å². The first kappa shape index (κ1) is 19.6. The van der Waals surface area contributed by atoms with Crippen LogP contribution in [0.4, 0.5) is 18.9 Å². The number of aliphatic imine (C=N–C) groups is 2. The van der Waals surface area contributed by atoms with Gasteiger partial charge in [0.25, 0.3) is 0 Å². The number of alkyl halides is 3. The molecule has 24 heavy (non-hydrogen) atoms. The van der Waals surface area contributed by atoms with Gasteiger partial charge in [0.05, 0.1) is 5.69 Å². The highest BCUT2D eigenvalue weighted by molar-refractivity contribution is 5.94. The molecule has 0 radical (unpaired) electrons. The van der Waals surface area contributed by atoms with E-state index in [1.807, 2.05) is 13.0 Å². The van der Waals surface area contributed by atoms with Gasteiger partial charge in [0.1, 0.15) is 5.75 Å². The molecule has 0 amide bonds. The van der Waals surface area contributed by atoms with Crippen LogP contribution in [0.3, 0.4) is 0 Å². The lowest BCUT2D eigenvalue weighted by molar-refractivity contribution is -0.274. The van der Waals surface area contributed by atoms with Gasteiger partial charge in [0.2, 0.25) is 5.96 Å². The molecule has 4 N–H and O–H groups in total. The fourth-order valence-electron chi connectivity index (χ4n) is 1.97. The Kier molecular flexibility index (Phi) is 6.47. The van der Waals surface area contributed by atoms with Crippen LogP contribution >= 0.6 is 12.4 Å². The highest BCUT2D eigenvalue weighted by Gasteiger charge is 2.31. The predicted octanol–water partition coefficient (Wildman–Crippen LogP) is 2.53. The number of benzene rings is 1. The Balaban J connectivity index is 0.00000288. The first-order valence-electron chi connectivity index (χ1n) is 6.67. The summed E-state index contributed by atoms with van der Waals surface area (Å²) < 4.78 is 40.4. The van der Waals surface area contributed by atoms with Gasteiger partial charge >= 0.3 is 6.36 Å². The van der Waals surface area contributed by atoms with Crippen molar-refractivity contribution >= 4 is 30.0 Å². The van der Waals surface area contributed by atoms with Crippen molar-refractivity contribution < 1.29 is 17.9 Å². The van der Waals surface area contributed by atoms with Crippen LogP contribution in [0.25, 0.3) is 0 Å². The maximum absolute atomic E-state index is 12.2. The molecule has 0 fully saturated rings. The van der Waals surface area contributed by atoms with Gasteiger partial charge in [-0.15, -0.1) is 25.6 Å². The molecular weight excluding hydrogens is 347 g/mol. The summed E-state index contributed by atoms with van der Waals surface area (Å²) in [5, 5.41) is 0. The van der Waals surface area contributed by atoms with Crippen LogP contribution in [0.1, 0.15) is 6.92 Å². The third-order valence-electron chi connectivity index (χ3n) is 2.95. The van der Waals surface area contributed by atoms with Gasteiger partial charge in [-0.1, -0.05) is 17.7 Å². The van der Waals surface area contributed by atoms with E-state index in [0.717, 1.165) is 11.6 Å². The first-order valence-corrected chi connectivity index (χ1v) is 6.67. The molecule has 1 aliphatic heterocycles. The summed E-state index contributed by atoms with van der Waals surface area (Å²) in [4.78, 5) is 9.65. The summed E-state index contributed by atoms with van der Waals surface area (Å²) in [5.41, 5.74) is 12.8. The molecule has 1 heterocycles. The quantitative estimate of drug-likeness (QED) is 0.480. The third kappa shape index (κ3) is 5.99. The van der Waals surface area contributed by atoms with Gasteiger partial charge in [0, 0.05) is 19.2 Å². The first-order chi connectivity index (χ1) is 10.7. The van der Waals surface area contributed by atoms with Crippen molar-refractivity contribution in [2.24, 2.45) is 21.5 Å². The Morgan fingerprint density at radius 3 is 2.58 bits per heavy atom. The normalized spacial score (nSPS) is 15.8. The molecule has 0 saturated carbocycles. The van der Waals surface area contributed by atoms with Crippen molar-refractivity contribution in [3.05, 3.63) is 35.9 Å². The summed E-state index contributed by atoms with van der Waals surface area (Å²) in [5.74, 6) is -0.346. The Morgan fingerprint density at radius 2 is 2.00 bits per heavy atom. The SMILES string of the molecule is CC1=CCN(C(N)=NC(N)=Nc2cccc(OC(F)(F)F)c2)C1.Cl. The van der Waals surface area contributed by atoms with Gasteiger partial charge in [-0.2, -0.15) is 4.99 Å². The average Bonchev–Trinajstić information content (AvgIpc) is 2.83. The minimum Gasteiger partial charge on any atom is -0.406 e. The van der Waals surface area contributed by atoms with Gasteiger partial charge in [0.15, 0.2) is 5.96 Å². The Morgan fingerprint density at radius 1 is 1.29 bits per heavy atom. The van der Waals surface area contributed by atoms with Gasteiger partial charge in [-0.25, -0.2) is 4.99 Å². The summed E-state index contributed by atoms with van der Waals surface area (Å²) in [7, 11) is 0. The number of guanidine groups is 2. The number of hydrogen-bond donors (Lipinski definition) is 2. The zero-order valence-electron chi connectivity index (χ0n) is 12.7. The van der Waals surface area contributed by atoms with Crippen LogP contribution in [-0.4, -0.2) is 36.3 Å². The predicted molar refractivity (Wildman–Crippen MR) is 88.6 cm³/mol. The van der Waals surface area contributed by atoms with Crippen molar-refractivity contribution in [2.75, 3.05) is 13.1 Å². The minimum atomic E-state index is -4.77. The second-order valence-corrected chi connectivity index (χ2v) is 4.92. The van der Waals surface area contributed by atoms with Gasteiger partial charge in [-0.3, -0.25) is 0 Å². The second kappa shape index (κ2) is 7.91. The van der Waals surface area contributed by atoms with E-state index in [1.54, 1.807) is 4.90 Å². The highest BCUT2D eigenvalue weighted by atomic mass is 35.5. The largest absolute Gasteiger partial charge is 0.573 e. The molecule has 1 aromatic rings. The molecule has 0 aliphatic carbocycles. The topological polar surface area (TPSA) is 89.2 Å². The Bertz CT molecular complexity index is 673. The average molecular weight is 364 g/mol. The zero-order chi connectivity index (χ0) is 17.0. The van der Waals surface area contributed by atoms with E-state index < -0.39 is 6.36 Å². The van der Waals surface area contributed by atoms with Crippen LogP contribution in [0.2, 0.25) is 0 Å². The molecule has 0 bridgehead atoms. The fraction of sp³-hybridized carbons (Fsp3) is 0.286. The molecular formula is C14H17ClF3N5O. The van der Waals surface area contributed by atoms with Crippen molar-refractivity contribution in [1.29, 1.82) is 0 Å². The molecule has 0 atom stereocenters. The molecule has 132 valence electrons. The van der Waals surface area contributed by atoms with Crippen molar-refractivity contribution in [1.82, 2.24) is 4.90 Å². The molecule has 1 aromatic carbocycles. The van der Waals surface area contributed by atoms with Crippen molar-refractivity contribution in [2.45, 2.75) is 13.3 Å². The number of nitrogens with zero attached hydrogens (tertiary/aromatic N) is 3. The summed E-state index contributed by atoms with van der Waals surface area (Å²) in [6.07, 6.45) is -2.76. The maximum Gasteiger partial charge on any atom is 0.573 e. The molecule has 6 nitrogen and oxygen atoms in total. The molecule has 2 rings (SSSR count). The smallest absolute Gasteiger partial charge is 0.406 e. The van der Waals surface area contributed by atoms with Crippen LogP contribution in [-0.2, 0) is 0 Å². The van der Waals surface area contributed by atoms with Gasteiger partial charge in [-0.05, 0) is 19.1 Å². The Hall–Kier alpha value is -2.42. The minimum absolute atomic E-state index is 0. The summed E-state index contributed by atoms with van der Waals surface area (Å²) in [6, 6.07) is 5.12. The summed E-state index contributed by atoms with van der Waals surface area (Å²) >= 11 is 0. The van der Waals surface area contributed by atoms with E-state index in [-0.39, 0.29) is 35.8 Å². The van der Waals surface area contributed by atoms with E-state index in [9.17, 15) is 13.2 Å². The van der Waals surface area contributed by atoms with Crippen molar-refractivity contribution in [3.63, 3.8) is 0 Å². The zero-order valence-corrected chi connectivity index (χ0v) is 13.6. The molecule has 0 saturated heterocycles. The van der Waals surface area contributed by atoms with E-state index in [4.69, 9.17) is 11.5 Å². The summed E-state index contributed by atoms with van der Waals surface area (Å²) in [6.45, 7) is 3.25. The number of hydrogen-bond acceptors (Lipinski definition) is 2. The standard InChI is InChI=1S/C14H16F3N5O.ClH/c1-9-5-6-22(8-9)13(19)21-12(18)20-10-3-2-4-11(7-10)23-14(15,16)17;/h2-5,7H,6,8H2,1H3,(H4,18,19,20,21);1H. The van der Waals surface area contributed by atoms with Crippen LogP contribution in [0, 0.1) is 0 Å². The number of nitrogens with two attached hydrogens (primary N) is 2. The fourth-order valence-corrected chi connectivity index (χ4v) is 1.97. The number of halogens is 4. The van der Waals surface area contributed by atoms with E-state index in [1.165, 1.54) is 18.2 Å². The van der Waals surface area contributed by atoms with E-state index in [2.05, 4.69) is 14.7 Å². The lowest BCUT2D eigenvalue weighted by atomic mass is 10.3. The lowest BCUT2D eigenvalue weighted by Crippen LogP contribution is -2.37. The molecule has 10 heteroatoms. The van der Waals surface area contributed by atoms with Gasteiger partial charge < -0.3 is 21.1 Å². The molecule has 0 aromatic heterocycles. The monoisotopic (exact) mass is 363 g/mol. The maximum atomic E-state index is 12.2. The highest BCUT2D eigenvalue weighted by Crippen LogP contribution is 2.26. The number of rotatable bonds is 2. The number of ether oxygens (including phenoxy) is 1.